The molecule has 1 N–H and O–H groups in total. The maximum Gasteiger partial charge on any atom is 0.248 e. The summed E-state index contributed by atoms with van der Waals surface area (Å²) in [5.74, 6) is 0.831. The summed E-state index contributed by atoms with van der Waals surface area (Å²) in [6, 6.07) is 17.8. The lowest BCUT2D eigenvalue weighted by atomic mass is 10.1. The molecule has 1 aliphatic heterocycles. The molecule has 0 unspecified atom stereocenters. The average Bonchev–Trinajstić information content (AvgIpc) is 3.02. The molecule has 2 heterocycles. The van der Waals surface area contributed by atoms with Gasteiger partial charge in [0.25, 0.3) is 0 Å². The van der Waals surface area contributed by atoms with Crippen LogP contribution in [-0.4, -0.2) is 24.5 Å². The van der Waals surface area contributed by atoms with Crippen molar-refractivity contribution in [2.45, 2.75) is 6.42 Å². The fraction of sp³-hybridized carbons (Fsp3) is 0.143. The molecule has 0 fully saturated rings. The molecule has 4 rings (SSSR count). The van der Waals surface area contributed by atoms with Crippen LogP contribution in [0.1, 0.15) is 11.1 Å². The van der Waals surface area contributed by atoms with Gasteiger partial charge in [0.2, 0.25) is 5.91 Å². The molecule has 0 spiro atoms. The Hall–Kier alpha value is -3.14. The van der Waals surface area contributed by atoms with Crippen molar-refractivity contribution < 1.29 is 4.79 Å². The maximum absolute atomic E-state index is 12.5. The Balaban J connectivity index is 1.69. The molecule has 4 heteroatoms. The topological polar surface area (TPSA) is 45.2 Å². The van der Waals surface area contributed by atoms with E-state index in [4.69, 9.17) is 4.98 Å². The summed E-state index contributed by atoms with van der Waals surface area (Å²) >= 11 is 0. The van der Waals surface area contributed by atoms with E-state index in [0.29, 0.717) is 0 Å². The fourth-order valence-corrected chi connectivity index (χ4v) is 3.22. The number of nitrogens with zero attached hydrogens (tertiary/aromatic N) is 2. The number of para-hydroxylation sites is 1. The highest BCUT2D eigenvalue weighted by Crippen LogP contribution is 2.36. The molecule has 25 heavy (non-hydrogen) atoms. The number of amides is 1. The normalized spacial score (nSPS) is 13.4. The van der Waals surface area contributed by atoms with E-state index in [9.17, 15) is 4.79 Å². The van der Waals surface area contributed by atoms with Gasteiger partial charge in [-0.3, -0.25) is 4.79 Å². The molecule has 4 nitrogen and oxygen atoms in total. The van der Waals surface area contributed by atoms with Crippen molar-refractivity contribution in [3.63, 3.8) is 0 Å². The van der Waals surface area contributed by atoms with Gasteiger partial charge in [-0.25, -0.2) is 4.98 Å². The van der Waals surface area contributed by atoms with Gasteiger partial charge in [0, 0.05) is 30.6 Å². The molecule has 3 aromatic rings. The van der Waals surface area contributed by atoms with E-state index in [2.05, 4.69) is 10.2 Å². The summed E-state index contributed by atoms with van der Waals surface area (Å²) in [6.07, 6.45) is 4.29. The predicted molar refractivity (Wildman–Crippen MR) is 103 cm³/mol. The third-order valence-electron chi connectivity index (χ3n) is 4.51. The van der Waals surface area contributed by atoms with Gasteiger partial charge < -0.3 is 10.2 Å². The monoisotopic (exact) mass is 329 g/mol. The van der Waals surface area contributed by atoms with E-state index in [1.807, 2.05) is 67.7 Å². The number of carbonyl (C=O) groups is 1. The first-order valence-corrected chi connectivity index (χ1v) is 8.39. The highest BCUT2D eigenvalue weighted by molar-refractivity contribution is 6.09. The minimum atomic E-state index is -0.128. The van der Waals surface area contributed by atoms with Crippen LogP contribution in [0.15, 0.2) is 60.7 Å². The standard InChI is InChI=1S/C21H19N3O/c1-24-14-13-17-20(16-9-5-6-10-18(16)22-21(17)24)23-19(25)12-11-15-7-3-2-4-8-15/h2-12H,13-14H2,1H3,(H,22,23,25)/b12-11+. The first-order chi connectivity index (χ1) is 12.2. The summed E-state index contributed by atoms with van der Waals surface area (Å²) in [5.41, 5.74) is 3.90. The van der Waals surface area contributed by atoms with Gasteiger partial charge in [-0.05, 0) is 24.1 Å². The van der Waals surface area contributed by atoms with Crippen LogP contribution in [0.2, 0.25) is 0 Å². The Labute approximate surface area is 146 Å². The Morgan fingerprint density at radius 1 is 1.12 bits per heavy atom. The van der Waals surface area contributed by atoms with Crippen LogP contribution in [-0.2, 0) is 11.2 Å². The molecular weight excluding hydrogens is 310 g/mol. The molecule has 0 saturated heterocycles. The summed E-state index contributed by atoms with van der Waals surface area (Å²) in [7, 11) is 2.04. The SMILES string of the molecule is CN1CCc2c1nc1ccccc1c2NC(=O)/C=C/c1ccccc1. The molecule has 2 aromatic carbocycles. The summed E-state index contributed by atoms with van der Waals surface area (Å²) < 4.78 is 0. The largest absolute Gasteiger partial charge is 0.359 e. The minimum Gasteiger partial charge on any atom is -0.359 e. The molecule has 0 saturated carbocycles. The highest BCUT2D eigenvalue weighted by Gasteiger charge is 2.23. The second-order valence-electron chi connectivity index (χ2n) is 6.21. The molecule has 1 amide bonds. The zero-order valence-corrected chi connectivity index (χ0v) is 14.1. The van der Waals surface area contributed by atoms with Crippen molar-refractivity contribution >= 4 is 34.4 Å². The van der Waals surface area contributed by atoms with Gasteiger partial charge in [-0.15, -0.1) is 0 Å². The third-order valence-corrected chi connectivity index (χ3v) is 4.51. The Bertz CT molecular complexity index is 964. The average molecular weight is 329 g/mol. The van der Waals surface area contributed by atoms with E-state index in [0.717, 1.165) is 46.5 Å². The predicted octanol–water partition coefficient (Wildman–Crippen LogP) is 3.88. The minimum absolute atomic E-state index is 0.128. The van der Waals surface area contributed by atoms with Gasteiger partial charge in [0.05, 0.1) is 11.2 Å². The summed E-state index contributed by atoms with van der Waals surface area (Å²) in [6.45, 7) is 0.918. The number of aromatic nitrogens is 1. The molecule has 0 aliphatic carbocycles. The Morgan fingerprint density at radius 2 is 1.88 bits per heavy atom. The van der Waals surface area contributed by atoms with Crippen molar-refractivity contribution in [1.82, 2.24) is 4.98 Å². The molecule has 1 aliphatic rings. The Morgan fingerprint density at radius 3 is 2.72 bits per heavy atom. The van der Waals surface area contributed by atoms with Crippen LogP contribution >= 0.6 is 0 Å². The van der Waals surface area contributed by atoms with Gasteiger partial charge >= 0.3 is 0 Å². The lowest BCUT2D eigenvalue weighted by Gasteiger charge is -2.15. The molecule has 124 valence electrons. The van der Waals surface area contributed by atoms with Crippen molar-refractivity contribution in [1.29, 1.82) is 0 Å². The summed E-state index contributed by atoms with van der Waals surface area (Å²) in [4.78, 5) is 19.4. The van der Waals surface area contributed by atoms with Crippen LogP contribution in [0.4, 0.5) is 11.5 Å². The van der Waals surface area contributed by atoms with E-state index >= 15 is 0 Å². The fourth-order valence-electron chi connectivity index (χ4n) is 3.22. The number of fused-ring (bicyclic) bond motifs is 2. The smallest absolute Gasteiger partial charge is 0.248 e. The highest BCUT2D eigenvalue weighted by atomic mass is 16.1. The second-order valence-corrected chi connectivity index (χ2v) is 6.21. The van der Waals surface area contributed by atoms with Crippen LogP contribution in [0.5, 0.6) is 0 Å². The van der Waals surface area contributed by atoms with E-state index < -0.39 is 0 Å². The zero-order chi connectivity index (χ0) is 17.2. The first kappa shape index (κ1) is 15.4. The number of pyridine rings is 1. The van der Waals surface area contributed by atoms with E-state index in [-0.39, 0.29) is 5.91 Å². The number of rotatable bonds is 3. The van der Waals surface area contributed by atoms with Gasteiger partial charge in [0.15, 0.2) is 0 Å². The Kier molecular flexibility index (Phi) is 3.94. The number of benzene rings is 2. The van der Waals surface area contributed by atoms with Crippen LogP contribution in [0.3, 0.4) is 0 Å². The van der Waals surface area contributed by atoms with Gasteiger partial charge in [-0.2, -0.15) is 0 Å². The second kappa shape index (κ2) is 6.40. The van der Waals surface area contributed by atoms with E-state index in [1.54, 1.807) is 6.08 Å². The lowest BCUT2D eigenvalue weighted by molar-refractivity contribution is -0.111. The zero-order valence-electron chi connectivity index (χ0n) is 14.1. The number of hydrogen-bond acceptors (Lipinski definition) is 3. The van der Waals surface area contributed by atoms with Crippen molar-refractivity contribution in [3.05, 3.63) is 71.8 Å². The molecule has 0 bridgehead atoms. The summed E-state index contributed by atoms with van der Waals surface area (Å²) in [5, 5.41) is 4.07. The van der Waals surface area contributed by atoms with E-state index in [1.165, 1.54) is 0 Å². The van der Waals surface area contributed by atoms with Crippen LogP contribution in [0, 0.1) is 0 Å². The van der Waals surface area contributed by atoms with Crippen LogP contribution < -0.4 is 10.2 Å². The number of carbonyl (C=O) groups excluding carboxylic acids is 1. The van der Waals surface area contributed by atoms with Gasteiger partial charge in [0.1, 0.15) is 5.82 Å². The van der Waals surface area contributed by atoms with Gasteiger partial charge in [-0.1, -0.05) is 48.5 Å². The number of anilines is 2. The number of nitrogens with one attached hydrogen (secondary N) is 1. The van der Waals surface area contributed by atoms with Crippen LogP contribution in [0.25, 0.3) is 17.0 Å². The third kappa shape index (κ3) is 2.98. The molecule has 0 atom stereocenters. The number of likely N-dealkylation sites (N-methyl/N-ethyl adjacent to an activating group) is 1. The maximum atomic E-state index is 12.5. The lowest BCUT2D eigenvalue weighted by Crippen LogP contribution is -2.14. The van der Waals surface area contributed by atoms with Crippen molar-refractivity contribution in [3.8, 4) is 0 Å². The number of hydrogen-bond donors (Lipinski definition) is 1. The van der Waals surface area contributed by atoms with Crippen molar-refractivity contribution in [2.75, 3.05) is 23.8 Å². The quantitative estimate of drug-likeness (QED) is 0.742. The molecule has 1 aromatic heterocycles. The van der Waals surface area contributed by atoms with Crippen molar-refractivity contribution in [2.24, 2.45) is 0 Å². The first-order valence-electron chi connectivity index (χ1n) is 8.39. The molecular formula is C21H19N3O. The molecule has 0 radical (unpaired) electrons.